The zero-order chi connectivity index (χ0) is 27.1. The van der Waals surface area contributed by atoms with Crippen LogP contribution in [0.3, 0.4) is 0 Å². The third-order valence-electron chi connectivity index (χ3n) is 6.85. The number of rotatable bonds is 9. The highest BCUT2D eigenvalue weighted by atomic mass is 16.6. The normalized spacial score (nSPS) is 28.3. The summed E-state index contributed by atoms with van der Waals surface area (Å²) in [7, 11) is 0. The summed E-state index contributed by atoms with van der Waals surface area (Å²) in [5.74, 6) is -1.32. The molecular formula is C29H32N2O7. The Morgan fingerprint density at radius 3 is 2.32 bits per heavy atom. The van der Waals surface area contributed by atoms with Gasteiger partial charge >= 0.3 is 0 Å². The molecule has 1 saturated carbocycles. The molecule has 4 aliphatic rings. The van der Waals surface area contributed by atoms with E-state index < -0.39 is 29.6 Å². The minimum Gasteiger partial charge on any atom is -0.510 e. The quantitative estimate of drug-likeness (QED) is 0.208. The standard InChI is InChI=1S/C29H32N2O7/c32-21-15-16-22(33)25(21)31-24(35)13-6-1-2-9-17-29(37)18-20(26(36)27-28(29)38-27)30-23(34)14-8-7-12-19-10-4-3-5-11-19/h1-2,6-9,12-14,17-19,27-28,32,37H,3-5,10-11,15-16H2,(H,30,34)(H,31,35)/b2-1+,12-7+,13-6+,14-8+,17-9+. The molecule has 1 saturated heterocycles. The van der Waals surface area contributed by atoms with Crippen molar-refractivity contribution in [1.82, 2.24) is 10.6 Å². The van der Waals surface area contributed by atoms with Crippen molar-refractivity contribution in [3.8, 4) is 0 Å². The van der Waals surface area contributed by atoms with Crippen LogP contribution in [0.2, 0.25) is 0 Å². The Morgan fingerprint density at radius 1 is 0.921 bits per heavy atom. The average molecular weight is 521 g/mol. The highest BCUT2D eigenvalue weighted by Gasteiger charge is 2.59. The number of fused-ring (bicyclic) bond motifs is 1. The van der Waals surface area contributed by atoms with Crippen LogP contribution in [0, 0.1) is 5.92 Å². The molecule has 2 fully saturated rings. The van der Waals surface area contributed by atoms with Gasteiger partial charge in [-0.3, -0.25) is 19.2 Å². The molecule has 2 amide bonds. The molecule has 200 valence electrons. The maximum atomic E-state index is 12.5. The number of carbonyl (C=O) groups excluding carboxylic acids is 4. The third kappa shape index (κ3) is 6.93. The van der Waals surface area contributed by atoms with Crippen molar-refractivity contribution in [2.24, 2.45) is 5.92 Å². The lowest BCUT2D eigenvalue weighted by Gasteiger charge is -2.23. The van der Waals surface area contributed by atoms with Crippen molar-refractivity contribution in [3.63, 3.8) is 0 Å². The van der Waals surface area contributed by atoms with Crippen molar-refractivity contribution in [1.29, 1.82) is 0 Å². The number of carbonyl (C=O) groups is 4. The highest BCUT2D eigenvalue weighted by Crippen LogP contribution is 2.40. The molecule has 0 spiro atoms. The number of ether oxygens (including phenoxy) is 1. The fraction of sp³-hybridized carbons (Fsp3) is 0.379. The topological polar surface area (TPSA) is 145 Å². The van der Waals surface area contributed by atoms with E-state index in [1.165, 1.54) is 74.6 Å². The molecule has 0 bridgehead atoms. The summed E-state index contributed by atoms with van der Waals surface area (Å²) in [6.07, 6.45) is 21.8. The van der Waals surface area contributed by atoms with E-state index in [2.05, 4.69) is 16.7 Å². The fourth-order valence-electron chi connectivity index (χ4n) is 4.74. The lowest BCUT2D eigenvalue weighted by Crippen LogP contribution is -2.42. The smallest absolute Gasteiger partial charge is 0.248 e. The van der Waals surface area contributed by atoms with Crippen molar-refractivity contribution >= 4 is 23.4 Å². The first-order valence-corrected chi connectivity index (χ1v) is 12.9. The van der Waals surface area contributed by atoms with Gasteiger partial charge < -0.3 is 25.6 Å². The van der Waals surface area contributed by atoms with Crippen molar-refractivity contribution in [3.05, 3.63) is 84.0 Å². The molecule has 3 aliphatic carbocycles. The Bertz CT molecular complexity index is 1200. The molecule has 9 nitrogen and oxygen atoms in total. The van der Waals surface area contributed by atoms with E-state index in [9.17, 15) is 29.4 Å². The molecule has 38 heavy (non-hydrogen) atoms. The van der Waals surface area contributed by atoms with Crippen molar-refractivity contribution < 1.29 is 34.1 Å². The van der Waals surface area contributed by atoms with Crippen LogP contribution >= 0.6 is 0 Å². The van der Waals surface area contributed by atoms with Crippen LogP contribution in [-0.2, 0) is 23.9 Å². The summed E-state index contributed by atoms with van der Waals surface area (Å²) in [5, 5.41) is 25.5. The lowest BCUT2D eigenvalue weighted by atomic mass is 9.88. The van der Waals surface area contributed by atoms with Crippen LogP contribution in [0.25, 0.3) is 0 Å². The van der Waals surface area contributed by atoms with Crippen LogP contribution < -0.4 is 10.6 Å². The van der Waals surface area contributed by atoms with Gasteiger partial charge in [-0.25, -0.2) is 0 Å². The number of epoxide rings is 1. The molecule has 1 aliphatic heterocycles. The largest absolute Gasteiger partial charge is 0.510 e. The summed E-state index contributed by atoms with van der Waals surface area (Å²) < 4.78 is 5.35. The number of hydrogen-bond donors (Lipinski definition) is 4. The van der Waals surface area contributed by atoms with Crippen LogP contribution in [0.1, 0.15) is 44.9 Å². The van der Waals surface area contributed by atoms with E-state index >= 15 is 0 Å². The molecular weight excluding hydrogens is 488 g/mol. The maximum Gasteiger partial charge on any atom is 0.248 e. The van der Waals surface area contributed by atoms with Crippen molar-refractivity contribution in [2.45, 2.75) is 62.8 Å². The van der Waals surface area contributed by atoms with Gasteiger partial charge in [0.05, 0.1) is 5.70 Å². The van der Waals surface area contributed by atoms with Gasteiger partial charge in [0.25, 0.3) is 0 Å². The SMILES string of the molecule is O=C(/C=C/C=C/C1CCCCC1)NC1=CC(O)(/C=C/C=C/C=C/C(=O)NC2=C(O)CCC2=O)C2OC2C1=O. The monoisotopic (exact) mass is 520 g/mol. The third-order valence-corrected chi connectivity index (χ3v) is 6.85. The number of hydrogen-bond acceptors (Lipinski definition) is 7. The zero-order valence-electron chi connectivity index (χ0n) is 21.0. The molecule has 3 unspecified atom stereocenters. The van der Waals surface area contributed by atoms with Gasteiger partial charge in [0.2, 0.25) is 17.6 Å². The summed E-state index contributed by atoms with van der Waals surface area (Å²) >= 11 is 0. The predicted molar refractivity (Wildman–Crippen MR) is 139 cm³/mol. The predicted octanol–water partition coefficient (Wildman–Crippen LogP) is 2.68. The molecule has 9 heteroatoms. The molecule has 4 rings (SSSR count). The second-order valence-corrected chi connectivity index (χ2v) is 9.76. The first-order valence-electron chi connectivity index (χ1n) is 12.9. The number of ketones is 2. The number of nitrogens with one attached hydrogen (secondary N) is 2. The minimum atomic E-state index is -1.59. The zero-order valence-corrected chi connectivity index (χ0v) is 21.0. The second kappa shape index (κ2) is 12.1. The second-order valence-electron chi connectivity index (χ2n) is 9.76. The Hall–Kier alpha value is -3.82. The van der Waals surface area contributed by atoms with Gasteiger partial charge in [0.15, 0.2) is 11.9 Å². The Balaban J connectivity index is 1.30. The fourth-order valence-corrected chi connectivity index (χ4v) is 4.74. The van der Waals surface area contributed by atoms with E-state index in [0.29, 0.717) is 5.92 Å². The van der Waals surface area contributed by atoms with Crippen LogP contribution in [0.5, 0.6) is 0 Å². The summed E-state index contributed by atoms with van der Waals surface area (Å²) in [4.78, 5) is 48.3. The minimum absolute atomic E-state index is 0.0265. The van der Waals surface area contributed by atoms with Gasteiger partial charge in [0.1, 0.15) is 23.2 Å². The Kier molecular flexibility index (Phi) is 8.70. The van der Waals surface area contributed by atoms with E-state index in [1.807, 2.05) is 6.08 Å². The number of aliphatic hydroxyl groups excluding tert-OH is 1. The van der Waals surface area contributed by atoms with E-state index in [-0.39, 0.29) is 41.6 Å². The van der Waals surface area contributed by atoms with Gasteiger partial charge in [-0.2, -0.15) is 0 Å². The van der Waals surface area contributed by atoms with Crippen LogP contribution in [-0.4, -0.2) is 51.4 Å². The molecule has 4 N–H and O–H groups in total. The van der Waals surface area contributed by atoms with Gasteiger partial charge in [-0.15, -0.1) is 0 Å². The first-order chi connectivity index (χ1) is 18.3. The van der Waals surface area contributed by atoms with E-state index in [1.54, 1.807) is 12.2 Å². The molecule has 0 radical (unpaired) electrons. The average Bonchev–Trinajstić information content (AvgIpc) is 3.66. The van der Waals surface area contributed by atoms with E-state index in [4.69, 9.17) is 4.74 Å². The number of aliphatic hydroxyl groups is 2. The molecule has 0 aromatic rings. The molecule has 1 heterocycles. The molecule has 0 aromatic heterocycles. The highest BCUT2D eigenvalue weighted by molar-refractivity contribution is 6.06. The lowest BCUT2D eigenvalue weighted by molar-refractivity contribution is -0.121. The Labute approximate surface area is 221 Å². The summed E-state index contributed by atoms with van der Waals surface area (Å²) in [5.41, 5.74) is -1.69. The summed E-state index contributed by atoms with van der Waals surface area (Å²) in [6, 6.07) is 0. The molecule has 3 atom stereocenters. The van der Waals surface area contributed by atoms with Gasteiger partial charge in [-0.1, -0.05) is 61.8 Å². The van der Waals surface area contributed by atoms with Crippen molar-refractivity contribution in [2.75, 3.05) is 0 Å². The van der Waals surface area contributed by atoms with E-state index in [0.717, 1.165) is 0 Å². The van der Waals surface area contributed by atoms with Crippen LogP contribution in [0.15, 0.2) is 84.0 Å². The summed E-state index contributed by atoms with van der Waals surface area (Å²) in [6.45, 7) is 0. The van der Waals surface area contributed by atoms with Gasteiger partial charge in [-0.05, 0) is 30.9 Å². The first kappa shape index (κ1) is 27.2. The maximum absolute atomic E-state index is 12.5. The van der Waals surface area contributed by atoms with Gasteiger partial charge in [0, 0.05) is 25.0 Å². The number of amides is 2. The number of Topliss-reactive ketones (excluding diaryl/α,β-unsaturated/α-hetero) is 2. The molecule has 0 aromatic carbocycles. The number of allylic oxidation sites excluding steroid dienone is 9. The Morgan fingerprint density at radius 2 is 1.61 bits per heavy atom. The van der Waals surface area contributed by atoms with Crippen LogP contribution in [0.4, 0.5) is 0 Å².